The quantitative estimate of drug-likeness (QED) is 0.533. The smallest absolute Gasteiger partial charge is 0.244 e. The van der Waals surface area contributed by atoms with Gasteiger partial charge >= 0.3 is 0 Å². The number of nitrogens with two attached hydrogens (primary N) is 1. The maximum absolute atomic E-state index is 13.2. The van der Waals surface area contributed by atoms with Gasteiger partial charge in [-0.1, -0.05) is 62.7 Å². The van der Waals surface area contributed by atoms with Gasteiger partial charge in [-0.15, -0.1) is 0 Å². The summed E-state index contributed by atoms with van der Waals surface area (Å²) in [7, 11) is 1.64. The van der Waals surface area contributed by atoms with E-state index in [1.165, 1.54) is 0 Å². The van der Waals surface area contributed by atoms with Gasteiger partial charge < -0.3 is 20.5 Å². The summed E-state index contributed by atoms with van der Waals surface area (Å²) in [5.41, 5.74) is 6.32. The van der Waals surface area contributed by atoms with Crippen LogP contribution >= 0.6 is 0 Å². The standard InChI is InChI=1S/C26H38N2O3/c1-7-11-19(2)18-31-22-16-14-20(15-17-22)23(25(3,4)30-6)28-24(29)26(5,27)21-12-9-8-10-13-21/h8-10,12-17,19,23H,7,11,18,27H2,1-6H3,(H,28,29)/t19?,23-,26-/m1/s1. The number of methoxy groups -OCH3 is 1. The minimum Gasteiger partial charge on any atom is -0.493 e. The zero-order valence-corrected chi connectivity index (χ0v) is 19.8. The van der Waals surface area contributed by atoms with Crippen molar-refractivity contribution in [3.05, 3.63) is 65.7 Å². The highest BCUT2D eigenvalue weighted by molar-refractivity contribution is 5.87. The minimum atomic E-state index is -1.16. The molecule has 0 heterocycles. The van der Waals surface area contributed by atoms with Crippen molar-refractivity contribution in [2.45, 2.75) is 64.6 Å². The van der Waals surface area contributed by atoms with Crippen LogP contribution in [0.15, 0.2) is 54.6 Å². The molecule has 3 N–H and O–H groups in total. The maximum Gasteiger partial charge on any atom is 0.244 e. The van der Waals surface area contributed by atoms with Gasteiger partial charge in [0.1, 0.15) is 11.3 Å². The fourth-order valence-corrected chi connectivity index (χ4v) is 3.54. The number of carbonyl (C=O) groups excluding carboxylic acids is 1. The minimum absolute atomic E-state index is 0.262. The number of benzene rings is 2. The summed E-state index contributed by atoms with van der Waals surface area (Å²) in [6, 6.07) is 16.8. The summed E-state index contributed by atoms with van der Waals surface area (Å²) < 4.78 is 11.6. The molecule has 2 aromatic carbocycles. The van der Waals surface area contributed by atoms with Crippen LogP contribution in [0.3, 0.4) is 0 Å². The number of amides is 1. The molecule has 31 heavy (non-hydrogen) atoms. The van der Waals surface area contributed by atoms with E-state index in [1.54, 1.807) is 14.0 Å². The van der Waals surface area contributed by atoms with Crippen LogP contribution in [0.1, 0.15) is 64.6 Å². The summed E-state index contributed by atoms with van der Waals surface area (Å²) >= 11 is 0. The van der Waals surface area contributed by atoms with Gasteiger partial charge in [0.25, 0.3) is 0 Å². The molecule has 0 aliphatic heterocycles. The Morgan fingerprint density at radius 1 is 1.06 bits per heavy atom. The van der Waals surface area contributed by atoms with Crippen molar-refractivity contribution in [3.63, 3.8) is 0 Å². The monoisotopic (exact) mass is 426 g/mol. The lowest BCUT2D eigenvalue weighted by Crippen LogP contribution is -2.53. The zero-order chi connectivity index (χ0) is 23.1. The van der Waals surface area contributed by atoms with E-state index in [4.69, 9.17) is 15.2 Å². The van der Waals surface area contributed by atoms with Gasteiger partial charge in [0.05, 0.1) is 18.2 Å². The third-order valence-electron chi connectivity index (χ3n) is 5.87. The van der Waals surface area contributed by atoms with Crippen molar-refractivity contribution < 1.29 is 14.3 Å². The Morgan fingerprint density at radius 2 is 1.68 bits per heavy atom. The molecular formula is C26H38N2O3. The Bertz CT molecular complexity index is 816. The number of hydrogen-bond acceptors (Lipinski definition) is 4. The Labute approximate surface area is 187 Å². The topological polar surface area (TPSA) is 73.6 Å². The van der Waals surface area contributed by atoms with Crippen LogP contribution in [0.25, 0.3) is 0 Å². The van der Waals surface area contributed by atoms with Crippen molar-refractivity contribution in [1.82, 2.24) is 5.32 Å². The van der Waals surface area contributed by atoms with Gasteiger partial charge in [0.2, 0.25) is 5.91 Å². The highest BCUT2D eigenvalue weighted by atomic mass is 16.5. The van der Waals surface area contributed by atoms with E-state index < -0.39 is 11.1 Å². The first kappa shape index (κ1) is 24.9. The number of ether oxygens (including phenoxy) is 2. The van der Waals surface area contributed by atoms with Crippen molar-refractivity contribution in [3.8, 4) is 5.75 Å². The number of carbonyl (C=O) groups is 1. The third-order valence-corrected chi connectivity index (χ3v) is 5.87. The summed E-state index contributed by atoms with van der Waals surface area (Å²) in [6.45, 7) is 10.7. The predicted octanol–water partition coefficient (Wildman–Crippen LogP) is 4.96. The zero-order valence-electron chi connectivity index (χ0n) is 19.8. The van der Waals surface area contributed by atoms with Crippen LogP contribution in [0, 0.1) is 5.92 Å². The third kappa shape index (κ3) is 6.55. The lowest BCUT2D eigenvalue weighted by molar-refractivity contribution is -0.129. The largest absolute Gasteiger partial charge is 0.493 e. The molecular weight excluding hydrogens is 388 g/mol. The lowest BCUT2D eigenvalue weighted by atomic mass is 9.88. The number of hydrogen-bond donors (Lipinski definition) is 2. The Hall–Kier alpha value is -2.37. The van der Waals surface area contributed by atoms with Gasteiger partial charge in [-0.2, -0.15) is 0 Å². The van der Waals surface area contributed by atoms with Gasteiger partial charge in [-0.25, -0.2) is 0 Å². The maximum atomic E-state index is 13.2. The van der Waals surface area contributed by atoms with E-state index in [0.29, 0.717) is 12.5 Å². The molecule has 0 aromatic heterocycles. The van der Waals surface area contributed by atoms with Crippen LogP contribution in [0.2, 0.25) is 0 Å². The van der Waals surface area contributed by atoms with Gasteiger partial charge in [0.15, 0.2) is 0 Å². The SMILES string of the molecule is CCCC(C)COc1ccc([C@@H](NC(=O)[C@](C)(N)c2ccccc2)C(C)(C)OC)cc1. The second-order valence-electron chi connectivity index (χ2n) is 9.06. The second kappa shape index (κ2) is 10.8. The first-order chi connectivity index (χ1) is 14.6. The number of rotatable bonds is 11. The molecule has 1 unspecified atom stereocenters. The van der Waals surface area contributed by atoms with Crippen LogP contribution in [-0.4, -0.2) is 25.2 Å². The fourth-order valence-electron chi connectivity index (χ4n) is 3.54. The number of nitrogens with one attached hydrogen (secondary N) is 1. The molecule has 0 radical (unpaired) electrons. The Kier molecular flexibility index (Phi) is 8.66. The molecule has 0 aliphatic rings. The van der Waals surface area contributed by atoms with Gasteiger partial charge in [-0.05, 0) is 56.4 Å². The summed E-state index contributed by atoms with van der Waals surface area (Å²) in [6.07, 6.45) is 2.30. The predicted molar refractivity (Wildman–Crippen MR) is 126 cm³/mol. The van der Waals surface area contributed by atoms with Gasteiger partial charge in [0, 0.05) is 7.11 Å². The first-order valence-electron chi connectivity index (χ1n) is 11.0. The normalized spacial score (nSPS) is 15.6. The van der Waals surface area contributed by atoms with Crippen molar-refractivity contribution in [2.24, 2.45) is 11.7 Å². The average Bonchev–Trinajstić information content (AvgIpc) is 2.77. The molecule has 0 fully saturated rings. The van der Waals surface area contributed by atoms with Crippen LogP contribution in [0.4, 0.5) is 0 Å². The van der Waals surface area contributed by atoms with E-state index >= 15 is 0 Å². The van der Waals surface area contributed by atoms with E-state index in [1.807, 2.05) is 68.4 Å². The molecule has 3 atom stereocenters. The fraction of sp³-hybridized carbons (Fsp3) is 0.500. The molecule has 2 aromatic rings. The average molecular weight is 427 g/mol. The van der Waals surface area contributed by atoms with Crippen LogP contribution in [0.5, 0.6) is 5.75 Å². The summed E-state index contributed by atoms with van der Waals surface area (Å²) in [5, 5.41) is 3.12. The molecule has 0 bridgehead atoms. The highest BCUT2D eigenvalue weighted by Gasteiger charge is 2.37. The first-order valence-corrected chi connectivity index (χ1v) is 11.0. The summed E-state index contributed by atoms with van der Waals surface area (Å²) in [4.78, 5) is 13.2. The van der Waals surface area contributed by atoms with Crippen molar-refractivity contribution in [2.75, 3.05) is 13.7 Å². The van der Waals surface area contributed by atoms with E-state index in [9.17, 15) is 4.79 Å². The molecule has 0 aliphatic carbocycles. The molecule has 0 saturated carbocycles. The summed E-state index contributed by atoms with van der Waals surface area (Å²) in [5.74, 6) is 1.08. The van der Waals surface area contributed by atoms with Gasteiger partial charge in [-0.3, -0.25) is 4.79 Å². The van der Waals surface area contributed by atoms with Crippen LogP contribution < -0.4 is 15.8 Å². The van der Waals surface area contributed by atoms with E-state index in [2.05, 4.69) is 19.2 Å². The highest BCUT2D eigenvalue weighted by Crippen LogP contribution is 2.31. The van der Waals surface area contributed by atoms with Crippen molar-refractivity contribution >= 4 is 5.91 Å². The Morgan fingerprint density at radius 3 is 2.23 bits per heavy atom. The van der Waals surface area contributed by atoms with E-state index in [0.717, 1.165) is 29.7 Å². The van der Waals surface area contributed by atoms with E-state index in [-0.39, 0.29) is 11.9 Å². The molecule has 170 valence electrons. The molecule has 5 heteroatoms. The molecule has 0 saturated heterocycles. The Balaban J connectivity index is 2.20. The lowest BCUT2D eigenvalue weighted by Gasteiger charge is -2.36. The van der Waals surface area contributed by atoms with Crippen molar-refractivity contribution in [1.29, 1.82) is 0 Å². The van der Waals surface area contributed by atoms with Crippen LogP contribution in [-0.2, 0) is 15.1 Å². The molecule has 0 spiro atoms. The molecule has 5 nitrogen and oxygen atoms in total. The second-order valence-corrected chi connectivity index (χ2v) is 9.06. The molecule has 2 rings (SSSR count). The molecule has 1 amide bonds.